The lowest BCUT2D eigenvalue weighted by Crippen LogP contribution is -1.95. The molecule has 0 bridgehead atoms. The molecule has 2 heterocycles. The Morgan fingerprint density at radius 3 is 2.40 bits per heavy atom. The van der Waals surface area contributed by atoms with E-state index in [4.69, 9.17) is 4.74 Å². The third kappa shape index (κ3) is 3.06. The number of ether oxygens (including phenoxy) is 1. The van der Waals surface area contributed by atoms with Crippen LogP contribution >= 0.6 is 11.3 Å². The number of nitrogens with zero attached hydrogens (tertiary/aromatic N) is 2. The van der Waals surface area contributed by atoms with Crippen molar-refractivity contribution in [3.8, 4) is 23.0 Å². The lowest BCUT2D eigenvalue weighted by molar-refractivity contribution is 0.468. The van der Waals surface area contributed by atoms with Gasteiger partial charge in [-0.3, -0.25) is 0 Å². The van der Waals surface area contributed by atoms with Crippen molar-refractivity contribution >= 4 is 21.6 Å². The van der Waals surface area contributed by atoms with Crippen molar-refractivity contribution in [3.63, 3.8) is 0 Å². The van der Waals surface area contributed by atoms with Gasteiger partial charge in [-0.15, -0.1) is 11.3 Å². The number of thiophene rings is 1. The van der Waals surface area contributed by atoms with Crippen molar-refractivity contribution in [3.05, 3.63) is 71.4 Å². The Morgan fingerprint density at radius 2 is 1.64 bits per heavy atom. The molecule has 0 radical (unpaired) electrons. The Labute approximate surface area is 144 Å². The first-order valence-corrected chi connectivity index (χ1v) is 8.12. The molecule has 0 spiro atoms. The number of halogens is 3. The maximum atomic E-state index is 13.5. The zero-order valence-electron chi connectivity index (χ0n) is 12.5. The fourth-order valence-electron chi connectivity index (χ4n) is 2.28. The fraction of sp³-hybridized carbons (Fsp3) is 0. The predicted octanol–water partition coefficient (Wildman–Crippen LogP) is 5.57. The summed E-state index contributed by atoms with van der Waals surface area (Å²) in [6.07, 6.45) is 0. The number of hydrogen-bond acceptors (Lipinski definition) is 4. The minimum atomic E-state index is -0.979. The Morgan fingerprint density at radius 1 is 0.840 bits per heavy atom. The van der Waals surface area contributed by atoms with Crippen LogP contribution in [0.25, 0.3) is 21.6 Å². The number of hydrogen-bond donors (Lipinski definition) is 0. The van der Waals surface area contributed by atoms with E-state index in [1.807, 2.05) is 5.38 Å². The van der Waals surface area contributed by atoms with Gasteiger partial charge in [0.1, 0.15) is 16.3 Å². The molecule has 7 heteroatoms. The summed E-state index contributed by atoms with van der Waals surface area (Å²) in [4.78, 5) is 8.69. The summed E-state index contributed by atoms with van der Waals surface area (Å²) in [5.41, 5.74) is 0.952. The first-order chi connectivity index (χ1) is 12.1. The van der Waals surface area contributed by atoms with E-state index in [-0.39, 0.29) is 17.5 Å². The van der Waals surface area contributed by atoms with E-state index >= 15 is 0 Å². The third-order valence-electron chi connectivity index (χ3n) is 3.48. The molecular weight excluding hydrogens is 349 g/mol. The highest BCUT2D eigenvalue weighted by atomic mass is 32.1. The second kappa shape index (κ2) is 6.18. The Bertz CT molecular complexity index is 1060. The normalized spacial score (nSPS) is 11.0. The zero-order valence-corrected chi connectivity index (χ0v) is 13.4. The summed E-state index contributed by atoms with van der Waals surface area (Å²) in [7, 11) is 0. The van der Waals surface area contributed by atoms with Gasteiger partial charge < -0.3 is 4.74 Å². The fourth-order valence-corrected chi connectivity index (χ4v) is 3.04. The molecule has 4 aromatic rings. The van der Waals surface area contributed by atoms with E-state index in [0.717, 1.165) is 12.1 Å². The van der Waals surface area contributed by atoms with Crippen molar-refractivity contribution in [1.29, 1.82) is 0 Å². The number of aromatic nitrogens is 2. The molecule has 0 saturated carbocycles. The molecule has 0 fully saturated rings. The summed E-state index contributed by atoms with van der Waals surface area (Å²) in [5, 5.41) is 1.83. The van der Waals surface area contributed by atoms with Gasteiger partial charge in [0.2, 0.25) is 5.88 Å². The Hall–Kier alpha value is -2.93. The van der Waals surface area contributed by atoms with Gasteiger partial charge >= 0.3 is 0 Å². The third-order valence-corrected chi connectivity index (χ3v) is 4.37. The summed E-state index contributed by atoms with van der Waals surface area (Å²) in [5.74, 6) is -1.41. The van der Waals surface area contributed by atoms with Gasteiger partial charge in [-0.1, -0.05) is 0 Å². The minimum Gasteiger partial charge on any atom is -0.437 e. The number of benzene rings is 2. The molecule has 2 aromatic heterocycles. The van der Waals surface area contributed by atoms with Crippen LogP contribution in [-0.4, -0.2) is 9.97 Å². The minimum absolute atomic E-state index is 0.210. The highest BCUT2D eigenvalue weighted by Gasteiger charge is 2.14. The van der Waals surface area contributed by atoms with Gasteiger partial charge in [0, 0.05) is 5.56 Å². The van der Waals surface area contributed by atoms with Crippen LogP contribution in [0, 0.1) is 17.5 Å². The summed E-state index contributed by atoms with van der Waals surface area (Å²) < 4.78 is 46.1. The van der Waals surface area contributed by atoms with Crippen LogP contribution in [0.2, 0.25) is 0 Å². The van der Waals surface area contributed by atoms with E-state index in [9.17, 15) is 13.2 Å². The molecule has 25 heavy (non-hydrogen) atoms. The van der Waals surface area contributed by atoms with Crippen molar-refractivity contribution < 1.29 is 17.9 Å². The summed E-state index contributed by atoms with van der Waals surface area (Å²) in [6, 6.07) is 10.7. The van der Waals surface area contributed by atoms with Crippen LogP contribution < -0.4 is 4.74 Å². The quantitative estimate of drug-likeness (QED) is 0.480. The van der Waals surface area contributed by atoms with E-state index < -0.39 is 11.6 Å². The zero-order chi connectivity index (χ0) is 17.4. The van der Waals surface area contributed by atoms with Crippen LogP contribution in [0.4, 0.5) is 13.2 Å². The monoisotopic (exact) mass is 358 g/mol. The summed E-state index contributed by atoms with van der Waals surface area (Å²) >= 11 is 1.39. The van der Waals surface area contributed by atoms with E-state index in [1.54, 1.807) is 6.07 Å². The molecule has 124 valence electrons. The Balaban J connectivity index is 1.81. The number of rotatable bonds is 3. The van der Waals surface area contributed by atoms with Crippen LogP contribution in [-0.2, 0) is 0 Å². The molecule has 2 aromatic carbocycles. The molecule has 0 saturated heterocycles. The molecule has 4 rings (SSSR count). The molecule has 0 amide bonds. The van der Waals surface area contributed by atoms with Crippen molar-refractivity contribution in [2.45, 2.75) is 0 Å². The molecule has 0 N–H and O–H groups in total. The van der Waals surface area contributed by atoms with Gasteiger partial charge in [-0.05, 0) is 53.9 Å². The SMILES string of the molecule is Fc1ccc(Oc2nc(-c3ccc(F)c(F)c3)nc3ccsc23)cc1. The molecule has 0 aliphatic carbocycles. The molecule has 0 atom stereocenters. The van der Waals surface area contributed by atoms with Gasteiger partial charge in [0.05, 0.1) is 5.52 Å². The van der Waals surface area contributed by atoms with Gasteiger partial charge in [-0.25, -0.2) is 18.2 Å². The van der Waals surface area contributed by atoms with E-state index in [1.165, 1.54) is 41.7 Å². The lowest BCUT2D eigenvalue weighted by Gasteiger charge is -2.08. The molecule has 0 unspecified atom stereocenters. The second-order valence-corrected chi connectivity index (χ2v) is 6.09. The Kier molecular flexibility index (Phi) is 3.85. The highest BCUT2D eigenvalue weighted by Crippen LogP contribution is 2.33. The number of fused-ring (bicyclic) bond motifs is 1. The molecule has 3 nitrogen and oxygen atoms in total. The van der Waals surface area contributed by atoms with Crippen LogP contribution in [0.15, 0.2) is 53.9 Å². The van der Waals surface area contributed by atoms with Gasteiger partial charge in [0.25, 0.3) is 0 Å². The topological polar surface area (TPSA) is 35.0 Å². The highest BCUT2D eigenvalue weighted by molar-refractivity contribution is 7.17. The average molecular weight is 358 g/mol. The maximum absolute atomic E-state index is 13.5. The van der Waals surface area contributed by atoms with Crippen molar-refractivity contribution in [2.75, 3.05) is 0 Å². The largest absolute Gasteiger partial charge is 0.437 e. The van der Waals surface area contributed by atoms with Gasteiger partial charge in [0.15, 0.2) is 17.5 Å². The van der Waals surface area contributed by atoms with Crippen LogP contribution in [0.5, 0.6) is 11.6 Å². The first kappa shape index (κ1) is 15.6. The van der Waals surface area contributed by atoms with Crippen molar-refractivity contribution in [1.82, 2.24) is 9.97 Å². The van der Waals surface area contributed by atoms with Crippen molar-refractivity contribution in [2.24, 2.45) is 0 Å². The standard InChI is InChI=1S/C18H9F3N2OS/c19-11-2-4-12(5-3-11)24-18-16-15(7-8-25-16)22-17(23-18)10-1-6-13(20)14(21)9-10/h1-9H. The molecular formula is C18H9F3N2OS. The molecule has 0 aliphatic rings. The maximum Gasteiger partial charge on any atom is 0.240 e. The van der Waals surface area contributed by atoms with Crippen LogP contribution in [0.1, 0.15) is 0 Å². The van der Waals surface area contributed by atoms with E-state index in [0.29, 0.717) is 21.5 Å². The summed E-state index contributed by atoms with van der Waals surface area (Å²) in [6.45, 7) is 0. The van der Waals surface area contributed by atoms with Gasteiger partial charge in [-0.2, -0.15) is 4.98 Å². The van der Waals surface area contributed by atoms with E-state index in [2.05, 4.69) is 9.97 Å². The van der Waals surface area contributed by atoms with Crippen LogP contribution in [0.3, 0.4) is 0 Å². The average Bonchev–Trinajstić information content (AvgIpc) is 3.08. The lowest BCUT2D eigenvalue weighted by atomic mass is 10.2. The second-order valence-electron chi connectivity index (χ2n) is 5.17. The molecule has 0 aliphatic heterocycles. The predicted molar refractivity (Wildman–Crippen MR) is 89.2 cm³/mol. The first-order valence-electron chi connectivity index (χ1n) is 7.24. The smallest absolute Gasteiger partial charge is 0.240 e.